The number of halogens is 2. The van der Waals surface area contributed by atoms with Gasteiger partial charge in [0.2, 0.25) is 0 Å². The zero-order valence-electron chi connectivity index (χ0n) is 11.3. The summed E-state index contributed by atoms with van der Waals surface area (Å²) in [5, 5.41) is 8.79. The van der Waals surface area contributed by atoms with Crippen LogP contribution in [0.25, 0.3) is 0 Å². The largest absolute Gasteiger partial charge is 0.480 e. The molecule has 1 heterocycles. The Morgan fingerprint density at radius 3 is 2.70 bits per heavy atom. The number of likely N-dealkylation sites (tertiary alicyclic amines) is 1. The molecule has 1 unspecified atom stereocenters. The van der Waals surface area contributed by atoms with Crippen LogP contribution in [0.1, 0.15) is 24.8 Å². The first-order valence-electron chi connectivity index (χ1n) is 6.93. The van der Waals surface area contributed by atoms with E-state index < -0.39 is 17.6 Å². The molecule has 1 saturated heterocycles. The highest BCUT2D eigenvalue weighted by molar-refractivity contribution is 5.69. The summed E-state index contributed by atoms with van der Waals surface area (Å²) in [6.07, 6.45) is 2.99. The number of carbonyl (C=O) groups is 1. The number of piperidine rings is 1. The van der Waals surface area contributed by atoms with E-state index in [9.17, 15) is 13.6 Å². The quantitative estimate of drug-likeness (QED) is 0.903. The second-order valence-electron chi connectivity index (χ2n) is 5.38. The molecule has 1 atom stereocenters. The van der Waals surface area contributed by atoms with Crippen LogP contribution in [-0.4, -0.2) is 35.6 Å². The van der Waals surface area contributed by atoms with E-state index in [1.807, 2.05) is 4.90 Å². The van der Waals surface area contributed by atoms with E-state index in [4.69, 9.17) is 5.11 Å². The summed E-state index contributed by atoms with van der Waals surface area (Å²) in [6.45, 7) is 1.53. The van der Waals surface area contributed by atoms with Gasteiger partial charge in [-0.3, -0.25) is 9.69 Å². The van der Waals surface area contributed by atoms with E-state index in [1.54, 1.807) is 0 Å². The Labute approximate surface area is 117 Å². The van der Waals surface area contributed by atoms with Crippen molar-refractivity contribution in [2.24, 2.45) is 5.92 Å². The van der Waals surface area contributed by atoms with Gasteiger partial charge in [-0.05, 0) is 50.3 Å². The first-order valence-corrected chi connectivity index (χ1v) is 6.93. The van der Waals surface area contributed by atoms with Crippen LogP contribution in [-0.2, 0) is 11.2 Å². The summed E-state index contributed by atoms with van der Waals surface area (Å²) in [6, 6.07) is 3.91. The second-order valence-corrected chi connectivity index (χ2v) is 5.38. The molecule has 0 bridgehead atoms. The predicted molar refractivity (Wildman–Crippen MR) is 71.5 cm³/mol. The molecular formula is C15H19F2NO2. The van der Waals surface area contributed by atoms with Crippen LogP contribution in [0.4, 0.5) is 8.78 Å². The molecule has 5 heteroatoms. The highest BCUT2D eigenvalue weighted by atomic mass is 19.1. The molecule has 1 fully saturated rings. The molecule has 2 rings (SSSR count). The minimum absolute atomic E-state index is 0.0462. The van der Waals surface area contributed by atoms with Crippen molar-refractivity contribution >= 4 is 5.97 Å². The van der Waals surface area contributed by atoms with Gasteiger partial charge in [-0.1, -0.05) is 6.07 Å². The number of aliphatic carboxylic acids is 1. The summed E-state index contributed by atoms with van der Waals surface area (Å²) in [5.74, 6) is -1.51. The normalized spacial score (nSPS) is 20.0. The molecule has 0 radical (unpaired) electrons. The summed E-state index contributed by atoms with van der Waals surface area (Å²) in [5.41, 5.74) is 0.142. The fourth-order valence-corrected chi connectivity index (χ4v) is 2.84. The molecule has 1 aliphatic rings. The van der Waals surface area contributed by atoms with Gasteiger partial charge in [0.05, 0.1) is 6.54 Å². The smallest absolute Gasteiger partial charge is 0.317 e. The number of hydrogen-bond acceptors (Lipinski definition) is 2. The molecule has 0 spiro atoms. The fourth-order valence-electron chi connectivity index (χ4n) is 2.84. The standard InChI is InChI=1S/C15H19F2NO2/c16-13-4-1-5-14(17)12(13)7-6-11-3-2-8-18(9-11)10-15(19)20/h1,4-5,11H,2-3,6-10H2,(H,19,20). The molecule has 0 aliphatic carbocycles. The lowest BCUT2D eigenvalue weighted by atomic mass is 9.91. The van der Waals surface area contributed by atoms with Crippen LogP contribution < -0.4 is 0 Å². The summed E-state index contributed by atoms with van der Waals surface area (Å²) >= 11 is 0. The molecule has 0 aromatic heterocycles. The van der Waals surface area contributed by atoms with Gasteiger partial charge in [0.1, 0.15) is 11.6 Å². The van der Waals surface area contributed by atoms with Crippen molar-refractivity contribution in [1.29, 1.82) is 0 Å². The lowest BCUT2D eigenvalue weighted by molar-refractivity contribution is -0.138. The Hall–Kier alpha value is -1.49. The maximum Gasteiger partial charge on any atom is 0.317 e. The Bertz CT molecular complexity index is 459. The molecule has 1 aromatic rings. The Morgan fingerprint density at radius 2 is 2.05 bits per heavy atom. The van der Waals surface area contributed by atoms with Crippen LogP contribution in [0.3, 0.4) is 0 Å². The average Bonchev–Trinajstić information content (AvgIpc) is 2.38. The summed E-state index contributed by atoms with van der Waals surface area (Å²) in [7, 11) is 0. The number of carboxylic acids is 1. The molecule has 3 nitrogen and oxygen atoms in total. The van der Waals surface area contributed by atoms with E-state index in [2.05, 4.69) is 0 Å². The van der Waals surface area contributed by atoms with E-state index >= 15 is 0 Å². The van der Waals surface area contributed by atoms with Crippen molar-refractivity contribution in [1.82, 2.24) is 4.90 Å². The monoisotopic (exact) mass is 283 g/mol. The lowest BCUT2D eigenvalue weighted by Crippen LogP contribution is -2.38. The predicted octanol–water partition coefficient (Wildman–Crippen LogP) is 2.69. The molecule has 0 saturated carbocycles. The number of hydrogen-bond donors (Lipinski definition) is 1. The zero-order valence-corrected chi connectivity index (χ0v) is 11.3. The number of nitrogens with zero attached hydrogens (tertiary/aromatic N) is 1. The highest BCUT2D eigenvalue weighted by Gasteiger charge is 2.22. The van der Waals surface area contributed by atoms with Crippen LogP contribution in [0, 0.1) is 17.6 Å². The first kappa shape index (κ1) is 14.9. The highest BCUT2D eigenvalue weighted by Crippen LogP contribution is 2.23. The van der Waals surface area contributed by atoms with Gasteiger partial charge in [-0.2, -0.15) is 0 Å². The van der Waals surface area contributed by atoms with E-state index in [1.165, 1.54) is 18.2 Å². The van der Waals surface area contributed by atoms with E-state index in [0.29, 0.717) is 25.3 Å². The van der Waals surface area contributed by atoms with Crippen molar-refractivity contribution in [3.05, 3.63) is 35.4 Å². The summed E-state index contributed by atoms with van der Waals surface area (Å²) < 4.78 is 27.1. The van der Waals surface area contributed by atoms with Crippen LogP contribution in [0.15, 0.2) is 18.2 Å². The van der Waals surface area contributed by atoms with E-state index in [-0.39, 0.29) is 12.1 Å². The number of rotatable bonds is 5. The van der Waals surface area contributed by atoms with Crippen molar-refractivity contribution in [3.63, 3.8) is 0 Å². The van der Waals surface area contributed by atoms with Gasteiger partial charge in [0.15, 0.2) is 0 Å². The maximum atomic E-state index is 13.5. The Kier molecular flexibility index (Phi) is 5.06. The molecule has 1 aliphatic heterocycles. The van der Waals surface area contributed by atoms with Gasteiger partial charge in [0.25, 0.3) is 0 Å². The molecule has 1 N–H and O–H groups in total. The molecule has 110 valence electrons. The van der Waals surface area contributed by atoms with Crippen molar-refractivity contribution < 1.29 is 18.7 Å². The summed E-state index contributed by atoms with van der Waals surface area (Å²) in [4.78, 5) is 12.6. The van der Waals surface area contributed by atoms with Crippen LogP contribution >= 0.6 is 0 Å². The van der Waals surface area contributed by atoms with Gasteiger partial charge >= 0.3 is 5.97 Å². The Balaban J connectivity index is 1.89. The first-order chi connectivity index (χ1) is 9.56. The average molecular weight is 283 g/mol. The third kappa shape index (κ3) is 4.00. The number of benzene rings is 1. The number of carboxylic acid groups (broad SMARTS) is 1. The van der Waals surface area contributed by atoms with E-state index in [0.717, 1.165) is 19.4 Å². The van der Waals surface area contributed by atoms with Crippen LogP contribution in [0.2, 0.25) is 0 Å². The van der Waals surface area contributed by atoms with Crippen molar-refractivity contribution in [2.75, 3.05) is 19.6 Å². The second kappa shape index (κ2) is 6.79. The van der Waals surface area contributed by atoms with Gasteiger partial charge in [-0.25, -0.2) is 8.78 Å². The van der Waals surface area contributed by atoms with Crippen molar-refractivity contribution in [3.8, 4) is 0 Å². The van der Waals surface area contributed by atoms with Crippen LogP contribution in [0.5, 0.6) is 0 Å². The third-order valence-corrected chi connectivity index (χ3v) is 3.83. The minimum Gasteiger partial charge on any atom is -0.480 e. The van der Waals surface area contributed by atoms with Gasteiger partial charge < -0.3 is 5.11 Å². The maximum absolute atomic E-state index is 13.5. The minimum atomic E-state index is -0.828. The molecule has 1 aromatic carbocycles. The third-order valence-electron chi connectivity index (χ3n) is 3.83. The SMILES string of the molecule is O=C(O)CN1CCCC(CCc2c(F)cccc2F)C1. The molecule has 0 amide bonds. The Morgan fingerprint density at radius 1 is 1.35 bits per heavy atom. The van der Waals surface area contributed by atoms with Gasteiger partial charge in [0, 0.05) is 12.1 Å². The topological polar surface area (TPSA) is 40.5 Å². The zero-order chi connectivity index (χ0) is 14.5. The van der Waals surface area contributed by atoms with Gasteiger partial charge in [-0.15, -0.1) is 0 Å². The molecule has 20 heavy (non-hydrogen) atoms. The fraction of sp³-hybridized carbons (Fsp3) is 0.533. The lowest BCUT2D eigenvalue weighted by Gasteiger charge is -2.31. The van der Waals surface area contributed by atoms with Crippen molar-refractivity contribution in [2.45, 2.75) is 25.7 Å². The molecular weight excluding hydrogens is 264 g/mol.